The van der Waals surface area contributed by atoms with E-state index in [1.165, 1.54) is 0 Å². The predicted molar refractivity (Wildman–Crippen MR) is 115 cm³/mol. The van der Waals surface area contributed by atoms with E-state index in [0.29, 0.717) is 12.3 Å². The van der Waals surface area contributed by atoms with Gasteiger partial charge in [-0.05, 0) is 58.0 Å². The lowest BCUT2D eigenvalue weighted by Crippen LogP contribution is -2.21. The number of pyridine rings is 1. The summed E-state index contributed by atoms with van der Waals surface area (Å²) in [5.41, 5.74) is 5.54. The molecule has 4 rings (SSSR count). The maximum atomic E-state index is 12.4. The standard InChI is InChI=1S/C22H24N6O2/c1-5-30-19-8-6-14(2)10-18(19)17-7-9-20-23-22(26-28(20)12-17)24-21(29)13-27-16(4)11-15(3)25-27/h6-12H,5,13H2,1-4H3,(H,24,26,29). The van der Waals surface area contributed by atoms with Gasteiger partial charge in [0.25, 0.3) is 0 Å². The number of fused-ring (bicyclic) bond motifs is 1. The average molecular weight is 404 g/mol. The topological polar surface area (TPSA) is 86.3 Å². The third-order valence-electron chi connectivity index (χ3n) is 4.72. The Labute approximate surface area is 174 Å². The van der Waals surface area contributed by atoms with Gasteiger partial charge < -0.3 is 4.74 Å². The van der Waals surface area contributed by atoms with Crippen LogP contribution in [-0.4, -0.2) is 36.9 Å². The van der Waals surface area contributed by atoms with Crippen molar-refractivity contribution in [2.45, 2.75) is 34.2 Å². The van der Waals surface area contributed by atoms with E-state index in [-0.39, 0.29) is 18.4 Å². The quantitative estimate of drug-likeness (QED) is 0.531. The number of ether oxygens (including phenoxy) is 1. The zero-order valence-corrected chi connectivity index (χ0v) is 17.5. The lowest BCUT2D eigenvalue weighted by Gasteiger charge is -2.11. The van der Waals surface area contributed by atoms with Gasteiger partial charge in [0.15, 0.2) is 5.65 Å². The van der Waals surface area contributed by atoms with Gasteiger partial charge >= 0.3 is 0 Å². The molecule has 8 heteroatoms. The van der Waals surface area contributed by atoms with Gasteiger partial charge in [0.05, 0.1) is 12.3 Å². The fraction of sp³-hybridized carbons (Fsp3) is 0.273. The molecule has 154 valence electrons. The van der Waals surface area contributed by atoms with Crippen LogP contribution in [0.25, 0.3) is 16.8 Å². The molecule has 0 saturated carbocycles. The molecule has 4 aromatic rings. The maximum absolute atomic E-state index is 12.4. The monoisotopic (exact) mass is 404 g/mol. The van der Waals surface area contributed by atoms with Crippen LogP contribution in [0.3, 0.4) is 0 Å². The largest absolute Gasteiger partial charge is 0.493 e. The number of hydrogen-bond donors (Lipinski definition) is 1. The summed E-state index contributed by atoms with van der Waals surface area (Å²) in [6, 6.07) is 11.9. The second-order valence-corrected chi connectivity index (χ2v) is 7.22. The number of nitrogens with zero attached hydrogens (tertiary/aromatic N) is 5. The van der Waals surface area contributed by atoms with Gasteiger partial charge in [-0.3, -0.25) is 14.8 Å². The predicted octanol–water partition coefficient (Wildman–Crippen LogP) is 3.56. The Kier molecular flexibility index (Phi) is 5.22. The molecule has 3 aromatic heterocycles. The molecule has 3 heterocycles. The van der Waals surface area contributed by atoms with E-state index in [0.717, 1.165) is 33.8 Å². The summed E-state index contributed by atoms with van der Waals surface area (Å²) in [7, 11) is 0. The van der Waals surface area contributed by atoms with Gasteiger partial charge in [-0.15, -0.1) is 5.10 Å². The summed E-state index contributed by atoms with van der Waals surface area (Å²) < 4.78 is 9.09. The SMILES string of the molecule is CCOc1ccc(C)cc1-c1ccc2nc(NC(=O)Cn3nc(C)cc3C)nn2c1. The first-order valence-corrected chi connectivity index (χ1v) is 9.84. The second-order valence-electron chi connectivity index (χ2n) is 7.22. The molecule has 0 saturated heterocycles. The smallest absolute Gasteiger partial charge is 0.249 e. The van der Waals surface area contributed by atoms with Crippen molar-refractivity contribution in [3.63, 3.8) is 0 Å². The van der Waals surface area contributed by atoms with E-state index in [1.54, 1.807) is 9.20 Å². The molecule has 0 unspecified atom stereocenters. The minimum absolute atomic E-state index is 0.113. The highest BCUT2D eigenvalue weighted by molar-refractivity contribution is 5.89. The highest BCUT2D eigenvalue weighted by Gasteiger charge is 2.13. The second kappa shape index (κ2) is 7.98. The van der Waals surface area contributed by atoms with Crippen LogP contribution in [0.4, 0.5) is 5.95 Å². The van der Waals surface area contributed by atoms with E-state index < -0.39 is 0 Å². The normalized spacial score (nSPS) is 11.1. The molecular formula is C22H24N6O2. The molecular weight excluding hydrogens is 380 g/mol. The molecule has 1 N–H and O–H groups in total. The zero-order chi connectivity index (χ0) is 21.3. The number of aryl methyl sites for hydroxylation is 3. The molecule has 0 aliphatic heterocycles. The summed E-state index contributed by atoms with van der Waals surface area (Å²) >= 11 is 0. The van der Waals surface area contributed by atoms with E-state index >= 15 is 0 Å². The number of hydrogen-bond acceptors (Lipinski definition) is 5. The van der Waals surface area contributed by atoms with Crippen molar-refractivity contribution >= 4 is 17.5 Å². The number of nitrogens with one attached hydrogen (secondary N) is 1. The van der Waals surface area contributed by atoms with Crippen LogP contribution in [0.5, 0.6) is 5.75 Å². The van der Waals surface area contributed by atoms with E-state index in [2.05, 4.69) is 26.6 Å². The Hall–Kier alpha value is -3.68. The highest BCUT2D eigenvalue weighted by atomic mass is 16.5. The van der Waals surface area contributed by atoms with E-state index in [4.69, 9.17) is 4.74 Å². The fourth-order valence-electron chi connectivity index (χ4n) is 3.38. The molecule has 0 atom stereocenters. The van der Waals surface area contributed by atoms with Crippen LogP contribution < -0.4 is 10.1 Å². The van der Waals surface area contributed by atoms with Crippen molar-refractivity contribution in [3.05, 3.63) is 59.5 Å². The minimum atomic E-state index is -0.227. The lowest BCUT2D eigenvalue weighted by molar-refractivity contribution is -0.117. The van der Waals surface area contributed by atoms with Crippen LogP contribution in [0, 0.1) is 20.8 Å². The van der Waals surface area contributed by atoms with Gasteiger partial charge in [-0.2, -0.15) is 10.1 Å². The highest BCUT2D eigenvalue weighted by Crippen LogP contribution is 2.31. The van der Waals surface area contributed by atoms with Crippen molar-refractivity contribution in [2.75, 3.05) is 11.9 Å². The Morgan fingerprint density at radius 3 is 2.67 bits per heavy atom. The molecule has 0 aliphatic rings. The van der Waals surface area contributed by atoms with Gasteiger partial charge in [-0.25, -0.2) is 4.52 Å². The number of carbonyl (C=O) groups is 1. The Bertz CT molecular complexity index is 1220. The van der Waals surface area contributed by atoms with Crippen LogP contribution in [-0.2, 0) is 11.3 Å². The molecule has 1 amide bonds. The molecule has 1 aromatic carbocycles. The van der Waals surface area contributed by atoms with Crippen molar-refractivity contribution in [2.24, 2.45) is 0 Å². The number of amides is 1. The molecule has 0 bridgehead atoms. The lowest BCUT2D eigenvalue weighted by atomic mass is 10.0. The third kappa shape index (κ3) is 4.03. The van der Waals surface area contributed by atoms with Gasteiger partial charge in [0.1, 0.15) is 12.3 Å². The van der Waals surface area contributed by atoms with Crippen molar-refractivity contribution < 1.29 is 9.53 Å². The van der Waals surface area contributed by atoms with Crippen LogP contribution in [0.2, 0.25) is 0 Å². The average Bonchev–Trinajstić information content (AvgIpc) is 3.24. The first kappa shape index (κ1) is 19.6. The molecule has 30 heavy (non-hydrogen) atoms. The Balaban J connectivity index is 1.58. The summed E-state index contributed by atoms with van der Waals surface area (Å²) in [4.78, 5) is 16.8. The zero-order valence-electron chi connectivity index (χ0n) is 17.5. The summed E-state index contributed by atoms with van der Waals surface area (Å²) in [5, 5.41) is 11.5. The molecule has 8 nitrogen and oxygen atoms in total. The van der Waals surface area contributed by atoms with Gasteiger partial charge in [-0.1, -0.05) is 11.6 Å². The van der Waals surface area contributed by atoms with E-state index in [1.807, 2.05) is 64.2 Å². The fourth-order valence-corrected chi connectivity index (χ4v) is 3.38. The Morgan fingerprint density at radius 1 is 1.10 bits per heavy atom. The Morgan fingerprint density at radius 2 is 1.93 bits per heavy atom. The van der Waals surface area contributed by atoms with Crippen LogP contribution in [0.15, 0.2) is 42.6 Å². The van der Waals surface area contributed by atoms with Gasteiger partial charge in [0, 0.05) is 23.0 Å². The molecule has 0 radical (unpaired) electrons. The third-order valence-corrected chi connectivity index (χ3v) is 4.72. The first-order valence-electron chi connectivity index (χ1n) is 9.84. The first-order chi connectivity index (χ1) is 14.4. The van der Waals surface area contributed by atoms with Crippen LogP contribution >= 0.6 is 0 Å². The van der Waals surface area contributed by atoms with Crippen molar-refractivity contribution in [1.29, 1.82) is 0 Å². The minimum Gasteiger partial charge on any atom is -0.493 e. The number of aromatic nitrogens is 5. The summed E-state index contributed by atoms with van der Waals surface area (Å²) in [6.45, 7) is 8.52. The molecule has 0 fully saturated rings. The number of benzene rings is 1. The van der Waals surface area contributed by atoms with Gasteiger partial charge in [0.2, 0.25) is 11.9 Å². The molecule has 0 spiro atoms. The summed E-state index contributed by atoms with van der Waals surface area (Å²) in [6.07, 6.45) is 1.89. The number of carbonyl (C=O) groups excluding carboxylic acids is 1. The van der Waals surface area contributed by atoms with Crippen molar-refractivity contribution in [3.8, 4) is 16.9 Å². The number of anilines is 1. The number of rotatable bonds is 6. The van der Waals surface area contributed by atoms with Crippen LogP contribution in [0.1, 0.15) is 23.9 Å². The maximum Gasteiger partial charge on any atom is 0.249 e. The van der Waals surface area contributed by atoms with E-state index in [9.17, 15) is 4.79 Å². The molecule has 0 aliphatic carbocycles. The summed E-state index contributed by atoms with van der Waals surface area (Å²) in [5.74, 6) is 0.851. The van der Waals surface area contributed by atoms with Crippen molar-refractivity contribution in [1.82, 2.24) is 24.4 Å².